The fourth-order valence-corrected chi connectivity index (χ4v) is 2.88. The van der Waals surface area contributed by atoms with Crippen LogP contribution >= 0.6 is 12.2 Å². The number of benzene rings is 1. The molecule has 6 nitrogen and oxygen atoms in total. The Bertz CT molecular complexity index is 647. The average Bonchev–Trinajstić information content (AvgIpc) is 2.54. The van der Waals surface area contributed by atoms with Crippen molar-refractivity contribution in [2.45, 2.75) is 19.9 Å². The Labute approximate surface area is 147 Å². The molecule has 1 aliphatic rings. The zero-order valence-electron chi connectivity index (χ0n) is 14.0. The molecule has 1 aromatic carbocycles. The van der Waals surface area contributed by atoms with Gasteiger partial charge in [0.25, 0.3) is 0 Å². The van der Waals surface area contributed by atoms with Gasteiger partial charge in [0.15, 0.2) is 16.6 Å². The van der Waals surface area contributed by atoms with Gasteiger partial charge < -0.3 is 24.8 Å². The first kappa shape index (κ1) is 18.1. The molecule has 1 saturated heterocycles. The quantitative estimate of drug-likeness (QED) is 0.603. The molecule has 0 unspecified atom stereocenters. The SMILES string of the molecule is C=C1NC(=S)N[C@H](c2ccc(OCC)c(OC)c2)[C@H]1C(=O)OCC. The van der Waals surface area contributed by atoms with Crippen LogP contribution in [0.5, 0.6) is 11.5 Å². The van der Waals surface area contributed by atoms with E-state index in [0.29, 0.717) is 35.5 Å². The maximum absolute atomic E-state index is 12.4. The maximum Gasteiger partial charge on any atom is 0.317 e. The van der Waals surface area contributed by atoms with Crippen LogP contribution in [0.15, 0.2) is 30.5 Å². The molecule has 1 fully saturated rings. The van der Waals surface area contributed by atoms with Crippen LogP contribution in [0.25, 0.3) is 0 Å². The standard InChI is InChI=1S/C17H22N2O4S/c1-5-22-12-8-7-11(9-13(12)21-4)15-14(16(20)23-6-2)10(3)18-17(24)19-15/h7-9,14-15H,3,5-6H2,1-2,4H3,(H2,18,19,24)/t14-,15+/m0/s1. The van der Waals surface area contributed by atoms with E-state index >= 15 is 0 Å². The van der Waals surface area contributed by atoms with Gasteiger partial charge in [0.2, 0.25) is 0 Å². The van der Waals surface area contributed by atoms with E-state index in [1.54, 1.807) is 14.0 Å². The summed E-state index contributed by atoms with van der Waals surface area (Å²) >= 11 is 5.20. The van der Waals surface area contributed by atoms with Crippen molar-refractivity contribution in [3.63, 3.8) is 0 Å². The van der Waals surface area contributed by atoms with Crippen LogP contribution in [-0.2, 0) is 9.53 Å². The highest BCUT2D eigenvalue weighted by Crippen LogP contribution is 2.35. The number of esters is 1. The molecule has 7 heteroatoms. The molecule has 2 atom stereocenters. The summed E-state index contributed by atoms with van der Waals surface area (Å²) in [5.41, 5.74) is 1.34. The molecule has 2 N–H and O–H groups in total. The summed E-state index contributed by atoms with van der Waals surface area (Å²) in [6.45, 7) is 8.42. The van der Waals surface area contributed by atoms with Crippen molar-refractivity contribution in [3.8, 4) is 11.5 Å². The topological polar surface area (TPSA) is 68.8 Å². The normalized spacial score (nSPS) is 20.0. The zero-order chi connectivity index (χ0) is 17.7. The van der Waals surface area contributed by atoms with E-state index in [4.69, 9.17) is 26.4 Å². The van der Waals surface area contributed by atoms with Gasteiger partial charge in [-0.3, -0.25) is 4.79 Å². The van der Waals surface area contributed by atoms with Gasteiger partial charge in [-0.15, -0.1) is 0 Å². The van der Waals surface area contributed by atoms with Gasteiger partial charge in [0, 0.05) is 5.70 Å². The van der Waals surface area contributed by atoms with Crippen LogP contribution < -0.4 is 20.1 Å². The maximum atomic E-state index is 12.4. The summed E-state index contributed by atoms with van der Waals surface area (Å²) in [5.74, 6) is 0.280. The van der Waals surface area contributed by atoms with Gasteiger partial charge >= 0.3 is 5.97 Å². The molecule has 1 aliphatic heterocycles. The second-order valence-corrected chi connectivity index (χ2v) is 5.58. The van der Waals surface area contributed by atoms with Gasteiger partial charge in [-0.1, -0.05) is 12.6 Å². The molecule has 2 rings (SSSR count). The van der Waals surface area contributed by atoms with Crippen molar-refractivity contribution in [2.75, 3.05) is 20.3 Å². The predicted octanol–water partition coefficient (Wildman–Crippen LogP) is 2.31. The minimum atomic E-state index is -0.598. The molecular formula is C17H22N2O4S. The van der Waals surface area contributed by atoms with Crippen molar-refractivity contribution in [2.24, 2.45) is 5.92 Å². The molecule has 0 spiro atoms. The molecule has 0 saturated carbocycles. The smallest absolute Gasteiger partial charge is 0.317 e. The molecule has 0 aliphatic carbocycles. The molecule has 0 bridgehead atoms. The molecule has 0 amide bonds. The van der Waals surface area contributed by atoms with Crippen LogP contribution in [-0.4, -0.2) is 31.4 Å². The highest BCUT2D eigenvalue weighted by Gasteiger charge is 2.38. The molecule has 1 aromatic rings. The van der Waals surface area contributed by atoms with Crippen molar-refractivity contribution in [3.05, 3.63) is 36.0 Å². The first-order chi connectivity index (χ1) is 11.5. The highest BCUT2D eigenvalue weighted by atomic mass is 32.1. The number of thiocarbonyl (C=S) groups is 1. The van der Waals surface area contributed by atoms with Gasteiger partial charge in [-0.25, -0.2) is 0 Å². The van der Waals surface area contributed by atoms with E-state index in [0.717, 1.165) is 5.56 Å². The van der Waals surface area contributed by atoms with E-state index < -0.39 is 12.0 Å². The van der Waals surface area contributed by atoms with Crippen molar-refractivity contribution in [1.29, 1.82) is 0 Å². The average molecular weight is 350 g/mol. The van der Waals surface area contributed by atoms with Crippen molar-refractivity contribution >= 4 is 23.3 Å². The second-order valence-electron chi connectivity index (χ2n) is 5.17. The number of nitrogens with one attached hydrogen (secondary N) is 2. The van der Waals surface area contributed by atoms with E-state index in [2.05, 4.69) is 17.2 Å². The van der Waals surface area contributed by atoms with Crippen LogP contribution in [0.2, 0.25) is 0 Å². The Morgan fingerprint density at radius 1 is 1.29 bits per heavy atom. The van der Waals surface area contributed by atoms with Crippen LogP contribution in [0.4, 0.5) is 0 Å². The second kappa shape index (κ2) is 8.01. The summed E-state index contributed by atoms with van der Waals surface area (Å²) in [6.07, 6.45) is 0. The molecule has 0 radical (unpaired) electrons. The van der Waals surface area contributed by atoms with Gasteiger partial charge in [-0.2, -0.15) is 0 Å². The van der Waals surface area contributed by atoms with Crippen molar-refractivity contribution < 1.29 is 19.0 Å². The lowest BCUT2D eigenvalue weighted by Crippen LogP contribution is -2.51. The minimum Gasteiger partial charge on any atom is -0.493 e. The Morgan fingerprint density at radius 2 is 2.04 bits per heavy atom. The third-order valence-electron chi connectivity index (χ3n) is 3.66. The van der Waals surface area contributed by atoms with Gasteiger partial charge in [-0.05, 0) is 43.8 Å². The lowest BCUT2D eigenvalue weighted by molar-refractivity contribution is -0.147. The van der Waals surface area contributed by atoms with E-state index in [-0.39, 0.29) is 5.97 Å². The third kappa shape index (κ3) is 3.79. The number of methoxy groups -OCH3 is 1. The van der Waals surface area contributed by atoms with Crippen molar-refractivity contribution in [1.82, 2.24) is 10.6 Å². The summed E-state index contributed by atoms with van der Waals surface area (Å²) in [7, 11) is 1.57. The van der Waals surface area contributed by atoms with Crippen LogP contribution in [0.1, 0.15) is 25.5 Å². The van der Waals surface area contributed by atoms with Gasteiger partial charge in [0.05, 0.1) is 26.4 Å². The lowest BCUT2D eigenvalue weighted by Gasteiger charge is -2.35. The van der Waals surface area contributed by atoms with Crippen LogP contribution in [0, 0.1) is 5.92 Å². The summed E-state index contributed by atoms with van der Waals surface area (Å²) in [4.78, 5) is 12.4. The Kier molecular flexibility index (Phi) is 6.03. The first-order valence-electron chi connectivity index (χ1n) is 7.75. The zero-order valence-corrected chi connectivity index (χ0v) is 14.9. The van der Waals surface area contributed by atoms with E-state index in [1.807, 2.05) is 25.1 Å². The number of carbonyl (C=O) groups excluding carboxylic acids is 1. The fourth-order valence-electron chi connectivity index (χ4n) is 2.62. The number of hydrogen-bond donors (Lipinski definition) is 2. The van der Waals surface area contributed by atoms with Crippen LogP contribution in [0.3, 0.4) is 0 Å². The fraction of sp³-hybridized carbons (Fsp3) is 0.412. The monoisotopic (exact) mass is 350 g/mol. The summed E-state index contributed by atoms with van der Waals surface area (Å²) in [5, 5.41) is 6.43. The molecule has 130 valence electrons. The summed E-state index contributed by atoms with van der Waals surface area (Å²) in [6, 6.07) is 5.12. The first-order valence-corrected chi connectivity index (χ1v) is 8.16. The number of ether oxygens (including phenoxy) is 3. The lowest BCUT2D eigenvalue weighted by atomic mass is 9.89. The number of hydrogen-bond acceptors (Lipinski definition) is 5. The minimum absolute atomic E-state index is 0.298. The molecule has 1 heterocycles. The highest BCUT2D eigenvalue weighted by molar-refractivity contribution is 7.80. The third-order valence-corrected chi connectivity index (χ3v) is 3.88. The molecular weight excluding hydrogens is 328 g/mol. The van der Waals surface area contributed by atoms with E-state index in [9.17, 15) is 4.79 Å². The Morgan fingerprint density at radius 3 is 2.67 bits per heavy atom. The predicted molar refractivity (Wildman–Crippen MR) is 95.0 cm³/mol. The summed E-state index contributed by atoms with van der Waals surface area (Å²) < 4.78 is 16.1. The molecule has 24 heavy (non-hydrogen) atoms. The Balaban J connectivity index is 2.39. The Hall–Kier alpha value is -2.28. The van der Waals surface area contributed by atoms with Gasteiger partial charge in [0.1, 0.15) is 5.92 Å². The van der Waals surface area contributed by atoms with E-state index in [1.165, 1.54) is 0 Å². The molecule has 0 aromatic heterocycles. The number of carbonyl (C=O) groups is 1. The number of rotatable bonds is 6. The largest absolute Gasteiger partial charge is 0.493 e.